The van der Waals surface area contributed by atoms with E-state index in [4.69, 9.17) is 5.73 Å². The second kappa shape index (κ2) is 3.99. The van der Waals surface area contributed by atoms with Crippen LogP contribution < -0.4 is 5.73 Å². The smallest absolute Gasteiger partial charge is 0.0190 e. The standard InChI is InChI=1S/C11H13NS/c12-7-9-2-1-3-10(6-9)11-4-5-13-8-11/h1-4,6H,5,7-8,12H2. The third kappa shape index (κ3) is 1.95. The molecule has 1 aromatic carbocycles. The fourth-order valence-electron chi connectivity index (χ4n) is 1.49. The predicted molar refractivity (Wildman–Crippen MR) is 59.6 cm³/mol. The second-order valence-corrected chi connectivity index (χ2v) is 4.18. The first-order valence-electron chi connectivity index (χ1n) is 4.46. The lowest BCUT2D eigenvalue weighted by Gasteiger charge is -2.03. The maximum Gasteiger partial charge on any atom is 0.0190 e. The van der Waals surface area contributed by atoms with Gasteiger partial charge in [0.2, 0.25) is 0 Å². The van der Waals surface area contributed by atoms with E-state index in [1.807, 2.05) is 11.8 Å². The van der Waals surface area contributed by atoms with E-state index >= 15 is 0 Å². The normalized spacial score (nSPS) is 15.9. The molecule has 1 aliphatic heterocycles. The Morgan fingerprint density at radius 3 is 3.00 bits per heavy atom. The summed E-state index contributed by atoms with van der Waals surface area (Å²) in [4.78, 5) is 0. The van der Waals surface area contributed by atoms with Gasteiger partial charge in [0.15, 0.2) is 0 Å². The molecule has 13 heavy (non-hydrogen) atoms. The number of rotatable bonds is 2. The molecule has 0 unspecified atom stereocenters. The average molecular weight is 191 g/mol. The molecular formula is C11H13NS. The number of benzene rings is 1. The molecule has 1 heterocycles. The maximum absolute atomic E-state index is 5.59. The zero-order chi connectivity index (χ0) is 9.10. The SMILES string of the molecule is NCc1cccc(C2=CCSC2)c1. The summed E-state index contributed by atoms with van der Waals surface area (Å²) in [7, 11) is 0. The Morgan fingerprint density at radius 2 is 2.31 bits per heavy atom. The minimum atomic E-state index is 0.633. The van der Waals surface area contributed by atoms with Crippen molar-refractivity contribution in [1.82, 2.24) is 0 Å². The molecular weight excluding hydrogens is 178 g/mol. The van der Waals surface area contributed by atoms with Gasteiger partial charge in [-0.25, -0.2) is 0 Å². The molecule has 0 atom stereocenters. The van der Waals surface area contributed by atoms with E-state index in [0.717, 1.165) is 11.5 Å². The molecule has 2 rings (SSSR count). The Balaban J connectivity index is 2.29. The van der Waals surface area contributed by atoms with Crippen LogP contribution in [0, 0.1) is 0 Å². The van der Waals surface area contributed by atoms with Crippen LogP contribution in [0.3, 0.4) is 0 Å². The Labute approximate surface area is 83.0 Å². The predicted octanol–water partition coefficient (Wildman–Crippen LogP) is 2.28. The molecule has 1 nitrogen and oxygen atoms in total. The Kier molecular flexibility index (Phi) is 2.71. The highest BCUT2D eigenvalue weighted by Gasteiger charge is 2.06. The summed E-state index contributed by atoms with van der Waals surface area (Å²) < 4.78 is 0. The van der Waals surface area contributed by atoms with Crippen LogP contribution in [0.15, 0.2) is 30.3 Å². The molecule has 0 aromatic heterocycles. The van der Waals surface area contributed by atoms with E-state index in [1.165, 1.54) is 16.7 Å². The first-order valence-corrected chi connectivity index (χ1v) is 5.62. The lowest BCUT2D eigenvalue weighted by Crippen LogP contribution is -1.96. The average Bonchev–Trinajstić information content (AvgIpc) is 2.71. The van der Waals surface area contributed by atoms with Crippen molar-refractivity contribution >= 4 is 17.3 Å². The van der Waals surface area contributed by atoms with Gasteiger partial charge in [-0.3, -0.25) is 0 Å². The van der Waals surface area contributed by atoms with E-state index in [0.29, 0.717) is 6.54 Å². The number of hydrogen-bond donors (Lipinski definition) is 1. The summed E-state index contributed by atoms with van der Waals surface area (Å²) in [6, 6.07) is 8.52. The molecule has 0 aliphatic carbocycles. The van der Waals surface area contributed by atoms with Crippen LogP contribution in [0.25, 0.3) is 5.57 Å². The third-order valence-electron chi connectivity index (χ3n) is 2.24. The monoisotopic (exact) mass is 191 g/mol. The van der Waals surface area contributed by atoms with Crippen LogP contribution >= 0.6 is 11.8 Å². The van der Waals surface area contributed by atoms with Gasteiger partial charge in [0.1, 0.15) is 0 Å². The minimum Gasteiger partial charge on any atom is -0.326 e. The van der Waals surface area contributed by atoms with Gasteiger partial charge >= 0.3 is 0 Å². The first kappa shape index (κ1) is 8.85. The summed E-state index contributed by atoms with van der Waals surface area (Å²) in [5, 5.41) is 0. The van der Waals surface area contributed by atoms with Crippen LogP contribution in [0.1, 0.15) is 11.1 Å². The van der Waals surface area contributed by atoms with Crippen LogP contribution in [0.4, 0.5) is 0 Å². The molecule has 1 aromatic rings. The molecule has 2 N–H and O–H groups in total. The molecule has 0 spiro atoms. The van der Waals surface area contributed by atoms with Crippen LogP contribution in [0.5, 0.6) is 0 Å². The molecule has 2 heteroatoms. The summed E-state index contributed by atoms with van der Waals surface area (Å²) in [5.41, 5.74) is 9.61. The van der Waals surface area contributed by atoms with Crippen molar-refractivity contribution in [2.45, 2.75) is 6.54 Å². The van der Waals surface area contributed by atoms with Gasteiger partial charge < -0.3 is 5.73 Å². The van der Waals surface area contributed by atoms with Crippen molar-refractivity contribution in [3.8, 4) is 0 Å². The highest BCUT2D eigenvalue weighted by atomic mass is 32.2. The van der Waals surface area contributed by atoms with Crippen molar-refractivity contribution in [3.05, 3.63) is 41.5 Å². The fraction of sp³-hybridized carbons (Fsp3) is 0.273. The van der Waals surface area contributed by atoms with Gasteiger partial charge in [0.05, 0.1) is 0 Å². The molecule has 1 aliphatic rings. The van der Waals surface area contributed by atoms with Crippen molar-refractivity contribution < 1.29 is 0 Å². The van der Waals surface area contributed by atoms with Gasteiger partial charge in [0.25, 0.3) is 0 Å². The van der Waals surface area contributed by atoms with Crippen molar-refractivity contribution in [3.63, 3.8) is 0 Å². The van der Waals surface area contributed by atoms with E-state index in [9.17, 15) is 0 Å². The lowest BCUT2D eigenvalue weighted by atomic mass is 10.0. The number of hydrogen-bond acceptors (Lipinski definition) is 2. The number of nitrogens with two attached hydrogens (primary N) is 1. The topological polar surface area (TPSA) is 26.0 Å². The highest BCUT2D eigenvalue weighted by Crippen LogP contribution is 2.26. The Hall–Kier alpha value is -0.730. The maximum atomic E-state index is 5.59. The molecule has 0 radical (unpaired) electrons. The van der Waals surface area contributed by atoms with Crippen LogP contribution in [-0.2, 0) is 6.54 Å². The Bertz CT molecular complexity index is 331. The van der Waals surface area contributed by atoms with E-state index in [1.54, 1.807) is 0 Å². The zero-order valence-electron chi connectivity index (χ0n) is 7.49. The van der Waals surface area contributed by atoms with Gasteiger partial charge in [-0.05, 0) is 16.7 Å². The second-order valence-electron chi connectivity index (χ2n) is 3.15. The summed E-state index contributed by atoms with van der Waals surface area (Å²) >= 11 is 1.97. The Morgan fingerprint density at radius 1 is 1.38 bits per heavy atom. The van der Waals surface area contributed by atoms with E-state index in [2.05, 4.69) is 30.3 Å². The summed E-state index contributed by atoms with van der Waals surface area (Å²) in [6.45, 7) is 0.633. The number of thioether (sulfide) groups is 1. The molecule has 0 fully saturated rings. The molecule has 68 valence electrons. The lowest BCUT2D eigenvalue weighted by molar-refractivity contribution is 1.07. The highest BCUT2D eigenvalue weighted by molar-refractivity contribution is 8.00. The van der Waals surface area contributed by atoms with Crippen LogP contribution in [-0.4, -0.2) is 11.5 Å². The molecule has 0 bridgehead atoms. The quantitative estimate of drug-likeness (QED) is 0.776. The third-order valence-corrected chi connectivity index (χ3v) is 3.16. The van der Waals surface area contributed by atoms with E-state index < -0.39 is 0 Å². The minimum absolute atomic E-state index is 0.633. The van der Waals surface area contributed by atoms with Gasteiger partial charge in [0, 0.05) is 18.1 Å². The van der Waals surface area contributed by atoms with Crippen molar-refractivity contribution in [1.29, 1.82) is 0 Å². The van der Waals surface area contributed by atoms with Gasteiger partial charge in [-0.2, -0.15) is 11.8 Å². The molecule has 0 saturated heterocycles. The zero-order valence-corrected chi connectivity index (χ0v) is 8.31. The molecule has 0 saturated carbocycles. The largest absolute Gasteiger partial charge is 0.326 e. The van der Waals surface area contributed by atoms with Crippen molar-refractivity contribution in [2.24, 2.45) is 5.73 Å². The molecule has 0 amide bonds. The van der Waals surface area contributed by atoms with Crippen LogP contribution in [0.2, 0.25) is 0 Å². The van der Waals surface area contributed by atoms with Gasteiger partial charge in [-0.1, -0.05) is 30.3 Å². The van der Waals surface area contributed by atoms with E-state index in [-0.39, 0.29) is 0 Å². The van der Waals surface area contributed by atoms with Crippen molar-refractivity contribution in [2.75, 3.05) is 11.5 Å². The first-order chi connectivity index (χ1) is 6.40. The summed E-state index contributed by atoms with van der Waals surface area (Å²) in [6.07, 6.45) is 2.31. The fourth-order valence-corrected chi connectivity index (χ4v) is 2.43. The van der Waals surface area contributed by atoms with Gasteiger partial charge in [-0.15, -0.1) is 0 Å². The summed E-state index contributed by atoms with van der Waals surface area (Å²) in [5.74, 6) is 2.30.